The average Bonchev–Trinajstić information content (AvgIpc) is 2.94. The van der Waals surface area contributed by atoms with Gasteiger partial charge in [-0.15, -0.1) is 0 Å². The van der Waals surface area contributed by atoms with Crippen molar-refractivity contribution < 1.29 is 8.42 Å². The molecule has 186 valence electrons. The summed E-state index contributed by atoms with van der Waals surface area (Å²) in [5.74, 6) is 0. The van der Waals surface area contributed by atoms with Crippen LogP contribution in [0.2, 0.25) is 0 Å². The lowest BCUT2D eigenvalue weighted by Gasteiger charge is -2.41. The number of nitrogens with zero attached hydrogens (tertiary/aromatic N) is 4. The van der Waals surface area contributed by atoms with Crippen molar-refractivity contribution in [3.8, 4) is 0 Å². The van der Waals surface area contributed by atoms with Crippen molar-refractivity contribution in [1.29, 1.82) is 0 Å². The lowest BCUT2D eigenvalue weighted by Crippen LogP contribution is -2.50. The van der Waals surface area contributed by atoms with E-state index in [1.54, 1.807) is 10.4 Å². The van der Waals surface area contributed by atoms with Crippen LogP contribution < -0.4 is 9.80 Å². The van der Waals surface area contributed by atoms with E-state index in [1.807, 2.05) is 32.0 Å². The summed E-state index contributed by atoms with van der Waals surface area (Å²) in [6.45, 7) is 18.0. The number of fused-ring (bicyclic) bond motifs is 1. The summed E-state index contributed by atoms with van der Waals surface area (Å²) in [6.07, 6.45) is 0. The van der Waals surface area contributed by atoms with Gasteiger partial charge in [0, 0.05) is 51.4 Å². The minimum absolute atomic E-state index is 0.428. The summed E-state index contributed by atoms with van der Waals surface area (Å²) in [6, 6.07) is 17.0. The van der Waals surface area contributed by atoms with Gasteiger partial charge in [-0.05, 0) is 65.3 Å². The number of benzene rings is 2. The van der Waals surface area contributed by atoms with Crippen molar-refractivity contribution in [1.82, 2.24) is 9.21 Å². The van der Waals surface area contributed by atoms with Gasteiger partial charge in [0.15, 0.2) is 0 Å². The van der Waals surface area contributed by atoms with Crippen LogP contribution in [0.15, 0.2) is 53.4 Å². The molecule has 0 saturated carbocycles. The quantitative estimate of drug-likeness (QED) is 0.584. The number of anilines is 2. The number of para-hydroxylation sites is 2. The highest BCUT2D eigenvalue weighted by atomic mass is 32.2. The van der Waals surface area contributed by atoms with Crippen LogP contribution in [-0.4, -0.2) is 69.0 Å². The van der Waals surface area contributed by atoms with Crippen LogP contribution in [0.3, 0.4) is 0 Å². The van der Waals surface area contributed by atoms with Crippen LogP contribution in [0, 0.1) is 0 Å². The van der Waals surface area contributed by atoms with Gasteiger partial charge in [0.25, 0.3) is 0 Å². The molecule has 0 unspecified atom stereocenters. The van der Waals surface area contributed by atoms with Crippen molar-refractivity contribution in [2.75, 3.05) is 49.1 Å². The number of sulfonamides is 1. The maximum absolute atomic E-state index is 13.2. The zero-order valence-electron chi connectivity index (χ0n) is 21.5. The Morgan fingerprint density at radius 3 is 2.06 bits per heavy atom. The molecule has 0 amide bonds. The van der Waals surface area contributed by atoms with Crippen molar-refractivity contribution >= 4 is 21.4 Å². The molecule has 0 radical (unpaired) electrons. The van der Waals surface area contributed by atoms with Gasteiger partial charge in [-0.3, -0.25) is 4.90 Å². The van der Waals surface area contributed by atoms with Gasteiger partial charge < -0.3 is 9.80 Å². The smallest absolute Gasteiger partial charge is 0.244 e. The molecule has 0 aromatic heterocycles. The molecule has 7 heteroatoms. The third kappa shape index (κ3) is 4.45. The number of rotatable bonds is 7. The zero-order chi connectivity index (χ0) is 24.7. The van der Waals surface area contributed by atoms with E-state index < -0.39 is 15.6 Å². The minimum Gasteiger partial charge on any atom is -0.367 e. The van der Waals surface area contributed by atoms with Gasteiger partial charge in [-0.2, -0.15) is 4.31 Å². The average molecular weight is 485 g/mol. The standard InChI is InChI=1S/C27H40N4O2S/c1-21(2)31(22(3)4)25-13-9-8-12-24(25)29-18-15-28(16-19-29)17-20-30-27(5,6)23-11-7-10-14-26(23)34(30,32)33/h7-14,21-22H,15-20H2,1-6H3. The van der Waals surface area contributed by atoms with Crippen LogP contribution in [0.5, 0.6) is 0 Å². The Morgan fingerprint density at radius 1 is 0.853 bits per heavy atom. The number of hydrogen-bond acceptors (Lipinski definition) is 5. The highest BCUT2D eigenvalue weighted by Crippen LogP contribution is 2.43. The molecule has 1 saturated heterocycles. The van der Waals surface area contributed by atoms with Gasteiger partial charge >= 0.3 is 0 Å². The lowest BCUT2D eigenvalue weighted by molar-refractivity contribution is 0.189. The van der Waals surface area contributed by atoms with E-state index in [2.05, 4.69) is 66.7 Å². The van der Waals surface area contributed by atoms with E-state index in [9.17, 15) is 8.42 Å². The van der Waals surface area contributed by atoms with Crippen LogP contribution >= 0.6 is 0 Å². The summed E-state index contributed by atoms with van der Waals surface area (Å²) >= 11 is 0. The fraction of sp³-hybridized carbons (Fsp3) is 0.556. The molecule has 4 rings (SSSR count). The van der Waals surface area contributed by atoms with Crippen LogP contribution in [0.25, 0.3) is 0 Å². The van der Waals surface area contributed by atoms with Gasteiger partial charge in [0.2, 0.25) is 10.0 Å². The Morgan fingerprint density at radius 2 is 1.44 bits per heavy atom. The Labute approximate surface area is 206 Å². The maximum atomic E-state index is 13.2. The maximum Gasteiger partial charge on any atom is 0.244 e. The van der Waals surface area contributed by atoms with Crippen molar-refractivity contribution in [3.05, 3.63) is 54.1 Å². The molecule has 0 atom stereocenters. The third-order valence-electron chi connectivity index (χ3n) is 7.34. The SMILES string of the molecule is CC(C)N(c1ccccc1N1CCN(CCN2C(C)(C)c3ccccc3S2(=O)=O)CC1)C(C)C. The molecular formula is C27H40N4O2S. The first kappa shape index (κ1) is 25.0. The van der Waals surface area contributed by atoms with E-state index in [-0.39, 0.29) is 0 Å². The van der Waals surface area contributed by atoms with E-state index in [0.29, 0.717) is 23.5 Å². The topological polar surface area (TPSA) is 47.1 Å². The molecule has 2 aliphatic rings. The Bertz CT molecular complexity index is 1100. The van der Waals surface area contributed by atoms with E-state index in [0.717, 1.165) is 38.3 Å². The first-order valence-electron chi connectivity index (χ1n) is 12.5. The van der Waals surface area contributed by atoms with Crippen molar-refractivity contribution in [3.63, 3.8) is 0 Å². The molecule has 2 heterocycles. The van der Waals surface area contributed by atoms with Gasteiger partial charge in [0.1, 0.15) is 0 Å². The lowest BCUT2D eigenvalue weighted by atomic mass is 9.94. The molecule has 2 aliphatic heterocycles. The first-order chi connectivity index (χ1) is 16.0. The largest absolute Gasteiger partial charge is 0.367 e. The number of hydrogen-bond donors (Lipinski definition) is 0. The predicted octanol–water partition coefficient (Wildman–Crippen LogP) is 4.37. The molecule has 0 N–H and O–H groups in total. The Hall–Kier alpha value is -2.09. The summed E-state index contributed by atoms with van der Waals surface area (Å²) < 4.78 is 28.1. The summed E-state index contributed by atoms with van der Waals surface area (Å²) in [7, 11) is -3.45. The predicted molar refractivity (Wildman–Crippen MR) is 141 cm³/mol. The summed E-state index contributed by atoms with van der Waals surface area (Å²) in [4.78, 5) is 7.83. The molecule has 0 spiro atoms. The van der Waals surface area contributed by atoms with Gasteiger partial charge in [0.05, 0.1) is 21.8 Å². The molecule has 0 aliphatic carbocycles. The Balaban J connectivity index is 1.42. The normalized spacial score (nSPS) is 20.2. The van der Waals surface area contributed by atoms with Gasteiger partial charge in [-0.1, -0.05) is 30.3 Å². The molecule has 0 bridgehead atoms. The Kier molecular flexibility index (Phi) is 7.00. The molecule has 6 nitrogen and oxygen atoms in total. The summed E-state index contributed by atoms with van der Waals surface area (Å²) in [5.41, 5.74) is 2.97. The van der Waals surface area contributed by atoms with Crippen LogP contribution in [-0.2, 0) is 15.6 Å². The van der Waals surface area contributed by atoms with E-state index >= 15 is 0 Å². The van der Waals surface area contributed by atoms with Crippen LogP contribution in [0.1, 0.15) is 47.1 Å². The molecule has 34 heavy (non-hydrogen) atoms. The number of piperazine rings is 1. The highest BCUT2D eigenvalue weighted by molar-refractivity contribution is 7.89. The second kappa shape index (κ2) is 9.51. The second-order valence-corrected chi connectivity index (χ2v) is 12.4. The molecule has 1 fully saturated rings. The third-order valence-corrected chi connectivity index (χ3v) is 9.47. The van der Waals surface area contributed by atoms with Crippen molar-refractivity contribution in [2.24, 2.45) is 0 Å². The van der Waals surface area contributed by atoms with Crippen molar-refractivity contribution in [2.45, 2.75) is 64.1 Å². The van der Waals surface area contributed by atoms with E-state index in [4.69, 9.17) is 0 Å². The molecule has 2 aromatic carbocycles. The summed E-state index contributed by atoms with van der Waals surface area (Å²) in [5, 5.41) is 0. The molecular weight excluding hydrogens is 444 g/mol. The van der Waals surface area contributed by atoms with Gasteiger partial charge in [-0.25, -0.2) is 8.42 Å². The molecule has 2 aromatic rings. The zero-order valence-corrected chi connectivity index (χ0v) is 22.3. The monoisotopic (exact) mass is 484 g/mol. The first-order valence-corrected chi connectivity index (χ1v) is 14.0. The minimum atomic E-state index is -3.45. The second-order valence-electron chi connectivity index (χ2n) is 10.5. The fourth-order valence-electron chi connectivity index (χ4n) is 5.70. The van der Waals surface area contributed by atoms with E-state index in [1.165, 1.54) is 11.4 Å². The fourth-order valence-corrected chi connectivity index (χ4v) is 7.80. The van der Waals surface area contributed by atoms with Crippen LogP contribution in [0.4, 0.5) is 11.4 Å². The highest BCUT2D eigenvalue weighted by Gasteiger charge is 2.47.